The van der Waals surface area contributed by atoms with Gasteiger partial charge in [0.1, 0.15) is 11.6 Å². The fraction of sp³-hybridized carbons (Fsp3) is 0.125. The maximum atomic E-state index is 13.0. The Bertz CT molecular complexity index is 525. The lowest BCUT2D eigenvalue weighted by Gasteiger charge is -2.18. The highest BCUT2D eigenvalue weighted by Crippen LogP contribution is 2.31. The van der Waals surface area contributed by atoms with Crippen molar-refractivity contribution < 1.29 is 13.9 Å². The van der Waals surface area contributed by atoms with Gasteiger partial charge in [0.25, 0.3) is 0 Å². The molecule has 19 heavy (non-hydrogen) atoms. The zero-order valence-electron chi connectivity index (χ0n) is 10.5. The molecule has 0 bridgehead atoms. The van der Waals surface area contributed by atoms with Crippen LogP contribution < -0.4 is 0 Å². The summed E-state index contributed by atoms with van der Waals surface area (Å²) in [6, 6.07) is 12.1. The average Bonchev–Trinajstić information content (AvgIpc) is 2.43. The molecule has 2 aromatic rings. The van der Waals surface area contributed by atoms with Crippen molar-refractivity contribution in [1.82, 2.24) is 0 Å². The normalized spacial score (nSPS) is 11.9. The first-order valence-corrected chi connectivity index (χ1v) is 5.93. The standard InChI is InChI=1S/C16H14F2O/c1-11(10-19)16(12-2-6-14(17)7-3-12)13-4-8-15(18)9-5-13/h2-10,16,19H,1H3/b11-10-. The van der Waals surface area contributed by atoms with Crippen molar-refractivity contribution in [1.29, 1.82) is 0 Å². The number of halogens is 2. The van der Waals surface area contributed by atoms with Gasteiger partial charge in [0.2, 0.25) is 0 Å². The first-order valence-electron chi connectivity index (χ1n) is 5.93. The van der Waals surface area contributed by atoms with Gasteiger partial charge in [-0.3, -0.25) is 0 Å². The zero-order valence-corrected chi connectivity index (χ0v) is 10.5. The Kier molecular flexibility index (Phi) is 3.95. The fourth-order valence-corrected chi connectivity index (χ4v) is 2.10. The van der Waals surface area contributed by atoms with E-state index in [9.17, 15) is 13.9 Å². The van der Waals surface area contributed by atoms with Crippen LogP contribution in [0.4, 0.5) is 8.78 Å². The van der Waals surface area contributed by atoms with Crippen molar-refractivity contribution in [2.24, 2.45) is 0 Å². The third kappa shape index (κ3) is 2.99. The molecule has 0 radical (unpaired) electrons. The topological polar surface area (TPSA) is 20.2 Å². The van der Waals surface area contributed by atoms with E-state index in [2.05, 4.69) is 0 Å². The molecule has 0 unspecified atom stereocenters. The highest BCUT2D eigenvalue weighted by molar-refractivity contribution is 5.40. The molecular formula is C16H14F2O. The van der Waals surface area contributed by atoms with Gasteiger partial charge in [-0.25, -0.2) is 8.78 Å². The quantitative estimate of drug-likeness (QED) is 0.802. The van der Waals surface area contributed by atoms with E-state index in [1.807, 2.05) is 0 Å². The summed E-state index contributed by atoms with van der Waals surface area (Å²) in [4.78, 5) is 0. The maximum Gasteiger partial charge on any atom is 0.123 e. The molecule has 0 aliphatic carbocycles. The monoisotopic (exact) mass is 260 g/mol. The SMILES string of the molecule is C/C(=C/O)C(c1ccc(F)cc1)c1ccc(F)cc1. The molecule has 0 saturated heterocycles. The minimum Gasteiger partial charge on any atom is -0.516 e. The Morgan fingerprint density at radius 2 is 1.26 bits per heavy atom. The van der Waals surface area contributed by atoms with E-state index in [0.717, 1.165) is 17.4 Å². The Hall–Kier alpha value is -2.16. The largest absolute Gasteiger partial charge is 0.516 e. The minimum atomic E-state index is -0.313. The van der Waals surface area contributed by atoms with Crippen LogP contribution in [-0.4, -0.2) is 5.11 Å². The van der Waals surface area contributed by atoms with Gasteiger partial charge in [0.15, 0.2) is 0 Å². The molecule has 2 aromatic carbocycles. The van der Waals surface area contributed by atoms with E-state index in [4.69, 9.17) is 0 Å². The number of hydrogen-bond acceptors (Lipinski definition) is 1. The molecule has 0 aromatic heterocycles. The van der Waals surface area contributed by atoms with Gasteiger partial charge < -0.3 is 5.11 Å². The van der Waals surface area contributed by atoms with Crippen LogP contribution in [0.1, 0.15) is 24.0 Å². The van der Waals surface area contributed by atoms with Crippen LogP contribution in [-0.2, 0) is 0 Å². The molecule has 0 fully saturated rings. The second-order valence-corrected chi connectivity index (χ2v) is 4.41. The first kappa shape index (κ1) is 13.3. The molecule has 0 heterocycles. The third-order valence-corrected chi connectivity index (χ3v) is 3.07. The molecule has 3 heteroatoms. The fourth-order valence-electron chi connectivity index (χ4n) is 2.10. The van der Waals surface area contributed by atoms with Gasteiger partial charge in [-0.15, -0.1) is 0 Å². The molecule has 0 atom stereocenters. The second-order valence-electron chi connectivity index (χ2n) is 4.41. The summed E-state index contributed by atoms with van der Waals surface area (Å²) in [6.45, 7) is 1.78. The van der Waals surface area contributed by atoms with Crippen molar-refractivity contribution in [3.63, 3.8) is 0 Å². The Morgan fingerprint density at radius 1 is 0.895 bits per heavy atom. The summed E-state index contributed by atoms with van der Waals surface area (Å²) < 4.78 is 25.9. The van der Waals surface area contributed by atoms with Gasteiger partial charge in [-0.2, -0.15) is 0 Å². The third-order valence-electron chi connectivity index (χ3n) is 3.07. The zero-order chi connectivity index (χ0) is 13.8. The van der Waals surface area contributed by atoms with Crippen molar-refractivity contribution in [2.75, 3.05) is 0 Å². The van der Waals surface area contributed by atoms with Crippen molar-refractivity contribution in [2.45, 2.75) is 12.8 Å². The van der Waals surface area contributed by atoms with E-state index in [1.165, 1.54) is 24.3 Å². The van der Waals surface area contributed by atoms with E-state index in [-0.39, 0.29) is 17.6 Å². The lowest BCUT2D eigenvalue weighted by molar-refractivity contribution is 0.463. The van der Waals surface area contributed by atoms with E-state index < -0.39 is 0 Å². The van der Waals surface area contributed by atoms with Gasteiger partial charge in [0, 0.05) is 5.92 Å². The highest BCUT2D eigenvalue weighted by Gasteiger charge is 2.16. The van der Waals surface area contributed by atoms with Crippen molar-refractivity contribution in [3.05, 3.63) is 83.1 Å². The first-order chi connectivity index (χ1) is 9.11. The van der Waals surface area contributed by atoms with Crippen LogP contribution >= 0.6 is 0 Å². The summed E-state index contributed by atoms with van der Waals surface area (Å²) in [7, 11) is 0. The highest BCUT2D eigenvalue weighted by atomic mass is 19.1. The lowest BCUT2D eigenvalue weighted by Crippen LogP contribution is -2.03. The number of hydrogen-bond donors (Lipinski definition) is 1. The summed E-state index contributed by atoms with van der Waals surface area (Å²) in [5, 5.41) is 9.23. The van der Waals surface area contributed by atoms with Crippen LogP contribution in [0, 0.1) is 11.6 Å². The van der Waals surface area contributed by atoms with Gasteiger partial charge in [0.05, 0.1) is 6.26 Å². The molecule has 1 nitrogen and oxygen atoms in total. The minimum absolute atomic E-state index is 0.216. The Balaban J connectivity index is 2.47. The predicted molar refractivity (Wildman–Crippen MR) is 71.0 cm³/mol. The smallest absolute Gasteiger partial charge is 0.123 e. The second kappa shape index (κ2) is 5.65. The Labute approximate surface area is 110 Å². The number of rotatable bonds is 3. The molecule has 0 aliphatic rings. The van der Waals surface area contributed by atoms with Crippen LogP contribution in [0.2, 0.25) is 0 Å². The number of allylic oxidation sites excluding steroid dienone is 1. The summed E-state index contributed by atoms with van der Waals surface area (Å²) in [6.07, 6.45) is 1.03. The van der Waals surface area contributed by atoms with Crippen LogP contribution in [0.3, 0.4) is 0 Å². The number of aliphatic hydroxyl groups excluding tert-OH is 1. The molecule has 2 rings (SSSR count). The molecular weight excluding hydrogens is 246 g/mol. The Morgan fingerprint density at radius 3 is 1.58 bits per heavy atom. The van der Waals surface area contributed by atoms with Crippen LogP contribution in [0.5, 0.6) is 0 Å². The number of aliphatic hydroxyl groups is 1. The molecule has 1 N–H and O–H groups in total. The van der Waals surface area contributed by atoms with E-state index in [1.54, 1.807) is 31.2 Å². The van der Waals surface area contributed by atoms with Gasteiger partial charge in [-0.05, 0) is 47.9 Å². The molecule has 0 amide bonds. The van der Waals surface area contributed by atoms with E-state index >= 15 is 0 Å². The lowest BCUT2D eigenvalue weighted by atomic mass is 9.86. The summed E-state index contributed by atoms with van der Waals surface area (Å²) in [5.74, 6) is -0.842. The molecule has 98 valence electrons. The van der Waals surface area contributed by atoms with Gasteiger partial charge in [-0.1, -0.05) is 24.3 Å². The van der Waals surface area contributed by atoms with Crippen molar-refractivity contribution in [3.8, 4) is 0 Å². The average molecular weight is 260 g/mol. The molecule has 0 saturated carbocycles. The number of benzene rings is 2. The van der Waals surface area contributed by atoms with Crippen LogP contribution in [0.15, 0.2) is 60.4 Å². The van der Waals surface area contributed by atoms with E-state index in [0.29, 0.717) is 5.57 Å². The maximum absolute atomic E-state index is 13.0. The van der Waals surface area contributed by atoms with Gasteiger partial charge >= 0.3 is 0 Å². The van der Waals surface area contributed by atoms with Crippen LogP contribution in [0.25, 0.3) is 0 Å². The summed E-state index contributed by atoms with van der Waals surface area (Å²) >= 11 is 0. The molecule has 0 spiro atoms. The predicted octanol–water partition coefficient (Wildman–Crippen LogP) is 4.56. The van der Waals surface area contributed by atoms with Crippen molar-refractivity contribution >= 4 is 0 Å². The molecule has 0 aliphatic heterocycles. The summed E-state index contributed by atoms with van der Waals surface area (Å²) in [5.41, 5.74) is 2.39.